The van der Waals surface area contributed by atoms with E-state index in [0.29, 0.717) is 12.8 Å². The molecule has 0 aliphatic carbocycles. The number of hydrogen-bond donors (Lipinski definition) is 1. The summed E-state index contributed by atoms with van der Waals surface area (Å²) >= 11 is 0. The van der Waals surface area contributed by atoms with Gasteiger partial charge in [0.25, 0.3) is 0 Å². The fraction of sp³-hybridized carbons (Fsp3) is 0.400. The van der Waals surface area contributed by atoms with Gasteiger partial charge in [0.2, 0.25) is 11.8 Å². The number of amides is 2. The first-order valence-corrected chi connectivity index (χ1v) is 9.04. The molecule has 0 radical (unpaired) electrons. The highest BCUT2D eigenvalue weighted by Gasteiger charge is 2.30. The number of aromatic nitrogens is 1. The lowest BCUT2D eigenvalue weighted by molar-refractivity contribution is -0.131. The SMILES string of the molecule is O=C1CCCN1c1ccc(CC(=O)N2CCCC2c2ccc[nH]2)cc1. The van der Waals surface area contributed by atoms with Crippen molar-refractivity contribution in [3.05, 3.63) is 53.9 Å². The summed E-state index contributed by atoms with van der Waals surface area (Å²) in [6.45, 7) is 1.62. The molecular formula is C20H23N3O2. The van der Waals surface area contributed by atoms with Gasteiger partial charge in [0, 0.05) is 37.1 Å². The van der Waals surface area contributed by atoms with E-state index >= 15 is 0 Å². The zero-order valence-electron chi connectivity index (χ0n) is 14.3. The van der Waals surface area contributed by atoms with E-state index in [9.17, 15) is 9.59 Å². The fourth-order valence-electron chi connectivity index (χ4n) is 3.93. The van der Waals surface area contributed by atoms with Gasteiger partial charge in [0.15, 0.2) is 0 Å². The van der Waals surface area contributed by atoms with Crippen LogP contribution >= 0.6 is 0 Å². The molecule has 25 heavy (non-hydrogen) atoms. The van der Waals surface area contributed by atoms with Crippen LogP contribution in [0.2, 0.25) is 0 Å². The minimum atomic E-state index is 0.169. The zero-order valence-corrected chi connectivity index (χ0v) is 14.3. The summed E-state index contributed by atoms with van der Waals surface area (Å²) in [4.78, 5) is 31.6. The first kappa shape index (κ1) is 15.9. The van der Waals surface area contributed by atoms with Crippen LogP contribution in [0.5, 0.6) is 0 Å². The second kappa shape index (κ2) is 6.75. The Morgan fingerprint density at radius 2 is 1.96 bits per heavy atom. The molecule has 4 rings (SSSR count). The Labute approximate surface area is 147 Å². The molecule has 2 fully saturated rings. The van der Waals surface area contributed by atoms with Gasteiger partial charge >= 0.3 is 0 Å². The molecule has 2 amide bonds. The quantitative estimate of drug-likeness (QED) is 0.932. The number of hydrogen-bond acceptors (Lipinski definition) is 2. The number of nitrogens with one attached hydrogen (secondary N) is 1. The maximum Gasteiger partial charge on any atom is 0.227 e. The summed E-state index contributed by atoms with van der Waals surface area (Å²) in [5.41, 5.74) is 3.05. The predicted molar refractivity (Wildman–Crippen MR) is 96.2 cm³/mol. The Kier molecular flexibility index (Phi) is 4.30. The van der Waals surface area contributed by atoms with Crippen molar-refractivity contribution in [3.63, 3.8) is 0 Å². The summed E-state index contributed by atoms with van der Waals surface area (Å²) in [6, 6.07) is 12.1. The highest BCUT2D eigenvalue weighted by Crippen LogP contribution is 2.31. The van der Waals surface area contributed by atoms with Crippen molar-refractivity contribution < 1.29 is 9.59 Å². The van der Waals surface area contributed by atoms with E-state index in [4.69, 9.17) is 0 Å². The van der Waals surface area contributed by atoms with Crippen LogP contribution in [-0.2, 0) is 16.0 Å². The van der Waals surface area contributed by atoms with E-state index in [-0.39, 0.29) is 17.9 Å². The van der Waals surface area contributed by atoms with Crippen molar-refractivity contribution >= 4 is 17.5 Å². The molecule has 1 unspecified atom stereocenters. The first-order chi connectivity index (χ1) is 12.2. The topological polar surface area (TPSA) is 56.4 Å². The molecular weight excluding hydrogens is 314 g/mol. The standard InChI is InChI=1S/C20H23N3O2/c24-19-6-3-12-22(19)16-9-7-15(8-10-16)14-20(25)23-13-2-5-18(23)17-4-1-11-21-17/h1,4,7-11,18,21H,2-3,5-6,12-14H2. The van der Waals surface area contributed by atoms with Crippen molar-refractivity contribution in [3.8, 4) is 0 Å². The van der Waals surface area contributed by atoms with Crippen LogP contribution in [-0.4, -0.2) is 34.8 Å². The number of H-pyrrole nitrogens is 1. The number of likely N-dealkylation sites (tertiary alicyclic amines) is 1. The highest BCUT2D eigenvalue weighted by atomic mass is 16.2. The van der Waals surface area contributed by atoms with Crippen LogP contribution in [0.4, 0.5) is 5.69 Å². The van der Waals surface area contributed by atoms with E-state index in [1.165, 1.54) is 0 Å². The van der Waals surface area contributed by atoms with Gasteiger partial charge in [0.05, 0.1) is 12.5 Å². The maximum atomic E-state index is 12.8. The number of aromatic amines is 1. The van der Waals surface area contributed by atoms with Gasteiger partial charge < -0.3 is 14.8 Å². The van der Waals surface area contributed by atoms with Gasteiger partial charge in [-0.15, -0.1) is 0 Å². The maximum absolute atomic E-state index is 12.8. The monoisotopic (exact) mass is 337 g/mol. The van der Waals surface area contributed by atoms with Gasteiger partial charge in [-0.1, -0.05) is 12.1 Å². The molecule has 5 nitrogen and oxygen atoms in total. The van der Waals surface area contributed by atoms with Crippen molar-refractivity contribution in [1.82, 2.24) is 9.88 Å². The number of benzene rings is 1. The molecule has 3 heterocycles. The van der Waals surface area contributed by atoms with Crippen LogP contribution in [0.25, 0.3) is 0 Å². The molecule has 2 aliphatic rings. The Balaban J connectivity index is 1.43. The van der Waals surface area contributed by atoms with Crippen LogP contribution in [0, 0.1) is 0 Å². The molecule has 0 saturated carbocycles. The third-order valence-corrected chi connectivity index (χ3v) is 5.23. The van der Waals surface area contributed by atoms with Gasteiger partial charge in [-0.3, -0.25) is 9.59 Å². The predicted octanol–water partition coefficient (Wildman–Crippen LogP) is 3.05. The number of nitrogens with zero attached hydrogens (tertiary/aromatic N) is 2. The molecule has 1 aromatic heterocycles. The molecule has 1 atom stereocenters. The fourth-order valence-corrected chi connectivity index (χ4v) is 3.93. The molecule has 1 N–H and O–H groups in total. The normalized spacial score (nSPS) is 20.5. The van der Waals surface area contributed by atoms with Crippen LogP contribution in [0.1, 0.15) is 43.0 Å². The van der Waals surface area contributed by atoms with Gasteiger partial charge in [-0.05, 0) is 49.1 Å². The molecule has 0 bridgehead atoms. The Morgan fingerprint density at radius 3 is 2.64 bits per heavy atom. The van der Waals surface area contributed by atoms with Crippen molar-refractivity contribution in [2.75, 3.05) is 18.0 Å². The molecule has 1 aromatic carbocycles. The third-order valence-electron chi connectivity index (χ3n) is 5.23. The minimum absolute atomic E-state index is 0.169. The largest absolute Gasteiger partial charge is 0.363 e. The zero-order chi connectivity index (χ0) is 17.2. The van der Waals surface area contributed by atoms with Crippen molar-refractivity contribution in [2.24, 2.45) is 0 Å². The number of rotatable bonds is 4. The molecule has 130 valence electrons. The van der Waals surface area contributed by atoms with E-state index < -0.39 is 0 Å². The molecule has 2 aliphatic heterocycles. The number of carbonyl (C=O) groups is 2. The average molecular weight is 337 g/mol. The molecule has 0 spiro atoms. The third kappa shape index (κ3) is 3.18. The Hall–Kier alpha value is -2.56. The summed E-state index contributed by atoms with van der Waals surface area (Å²) < 4.78 is 0. The van der Waals surface area contributed by atoms with Crippen LogP contribution < -0.4 is 4.90 Å². The Bertz CT molecular complexity index is 752. The van der Waals surface area contributed by atoms with Gasteiger partial charge in [-0.2, -0.15) is 0 Å². The van der Waals surface area contributed by atoms with Gasteiger partial charge in [-0.25, -0.2) is 0 Å². The van der Waals surface area contributed by atoms with E-state index in [0.717, 1.165) is 49.3 Å². The molecule has 2 saturated heterocycles. The van der Waals surface area contributed by atoms with Crippen LogP contribution in [0.15, 0.2) is 42.6 Å². The summed E-state index contributed by atoms with van der Waals surface area (Å²) in [5, 5.41) is 0. The lowest BCUT2D eigenvalue weighted by atomic mass is 10.1. The summed E-state index contributed by atoms with van der Waals surface area (Å²) in [6.07, 6.45) is 5.94. The lowest BCUT2D eigenvalue weighted by Crippen LogP contribution is -2.32. The van der Waals surface area contributed by atoms with Crippen molar-refractivity contribution in [2.45, 2.75) is 38.1 Å². The second-order valence-corrected chi connectivity index (χ2v) is 6.86. The Morgan fingerprint density at radius 1 is 1.12 bits per heavy atom. The van der Waals surface area contributed by atoms with E-state index in [1.807, 2.05) is 46.3 Å². The smallest absolute Gasteiger partial charge is 0.227 e. The second-order valence-electron chi connectivity index (χ2n) is 6.86. The van der Waals surface area contributed by atoms with Crippen LogP contribution in [0.3, 0.4) is 0 Å². The van der Waals surface area contributed by atoms with E-state index in [2.05, 4.69) is 11.1 Å². The van der Waals surface area contributed by atoms with E-state index in [1.54, 1.807) is 0 Å². The minimum Gasteiger partial charge on any atom is -0.363 e. The van der Waals surface area contributed by atoms with Gasteiger partial charge in [0.1, 0.15) is 0 Å². The highest BCUT2D eigenvalue weighted by molar-refractivity contribution is 5.95. The van der Waals surface area contributed by atoms with Crippen molar-refractivity contribution in [1.29, 1.82) is 0 Å². The molecule has 2 aromatic rings. The summed E-state index contributed by atoms with van der Waals surface area (Å²) in [5.74, 6) is 0.358. The average Bonchev–Trinajstić information content (AvgIpc) is 3.36. The number of carbonyl (C=O) groups excluding carboxylic acids is 2. The molecule has 5 heteroatoms. The first-order valence-electron chi connectivity index (χ1n) is 9.04. The lowest BCUT2D eigenvalue weighted by Gasteiger charge is -2.24. The number of anilines is 1. The summed E-state index contributed by atoms with van der Waals surface area (Å²) in [7, 11) is 0.